The van der Waals surface area contributed by atoms with E-state index in [0.29, 0.717) is 13.2 Å². The molecule has 4 nitrogen and oxygen atoms in total. The van der Waals surface area contributed by atoms with Gasteiger partial charge in [0.25, 0.3) is 0 Å². The maximum Gasteiger partial charge on any atom is 0.0932 e. The van der Waals surface area contributed by atoms with Crippen LogP contribution in [0.1, 0.15) is 27.2 Å². The molecule has 16 heavy (non-hydrogen) atoms. The Labute approximate surface area is 99.6 Å². The number of hydrogen-bond acceptors (Lipinski definition) is 4. The van der Waals surface area contributed by atoms with Crippen LogP contribution in [0.4, 0.5) is 0 Å². The molecule has 98 valence electrons. The molecule has 0 aliphatic rings. The number of hydrogen-bond donors (Lipinski definition) is 1. The van der Waals surface area contributed by atoms with Gasteiger partial charge in [0.15, 0.2) is 0 Å². The van der Waals surface area contributed by atoms with Crippen molar-refractivity contribution in [2.75, 3.05) is 40.6 Å². The zero-order valence-electron chi connectivity index (χ0n) is 11.3. The maximum absolute atomic E-state index is 5.71. The minimum absolute atomic E-state index is 0.112. The van der Waals surface area contributed by atoms with Gasteiger partial charge in [-0.25, -0.2) is 0 Å². The molecule has 0 radical (unpaired) electrons. The average molecular weight is 233 g/mol. The van der Waals surface area contributed by atoms with Crippen molar-refractivity contribution in [3.05, 3.63) is 0 Å². The van der Waals surface area contributed by atoms with E-state index in [1.54, 1.807) is 14.2 Å². The van der Waals surface area contributed by atoms with Gasteiger partial charge in [-0.2, -0.15) is 0 Å². The van der Waals surface area contributed by atoms with E-state index in [1.807, 2.05) is 0 Å². The van der Waals surface area contributed by atoms with E-state index in [2.05, 4.69) is 26.1 Å². The zero-order valence-corrected chi connectivity index (χ0v) is 11.3. The normalized spacial score (nSPS) is 14.1. The summed E-state index contributed by atoms with van der Waals surface area (Å²) in [6, 6.07) is 0. The summed E-state index contributed by atoms with van der Waals surface area (Å²) in [5, 5.41) is 3.41. The molecule has 0 saturated heterocycles. The summed E-state index contributed by atoms with van der Waals surface area (Å²) in [5.74, 6) is 0. The zero-order chi connectivity index (χ0) is 12.4. The fourth-order valence-electron chi connectivity index (χ4n) is 1.23. The van der Waals surface area contributed by atoms with E-state index in [9.17, 15) is 0 Å². The van der Waals surface area contributed by atoms with Gasteiger partial charge >= 0.3 is 0 Å². The van der Waals surface area contributed by atoms with Crippen LogP contribution in [0, 0.1) is 0 Å². The van der Waals surface area contributed by atoms with Crippen molar-refractivity contribution in [2.45, 2.75) is 38.8 Å². The highest BCUT2D eigenvalue weighted by molar-refractivity contribution is 4.73. The lowest BCUT2D eigenvalue weighted by Crippen LogP contribution is -2.43. The first-order valence-corrected chi connectivity index (χ1v) is 5.84. The minimum Gasteiger partial charge on any atom is -0.385 e. The molecule has 0 aromatic carbocycles. The lowest BCUT2D eigenvalue weighted by Gasteiger charge is -2.25. The Morgan fingerprint density at radius 1 is 1.06 bits per heavy atom. The number of rotatable bonds is 9. The van der Waals surface area contributed by atoms with Crippen molar-refractivity contribution in [2.24, 2.45) is 0 Å². The lowest BCUT2D eigenvalue weighted by atomic mass is 10.1. The third kappa shape index (κ3) is 10.4. The van der Waals surface area contributed by atoms with E-state index < -0.39 is 0 Å². The van der Waals surface area contributed by atoms with Crippen LogP contribution in [-0.2, 0) is 14.2 Å². The molecular formula is C12H27NO3. The molecule has 1 N–H and O–H groups in total. The summed E-state index contributed by atoms with van der Waals surface area (Å²) in [4.78, 5) is 0. The number of methoxy groups -OCH3 is 2. The second-order valence-corrected chi connectivity index (χ2v) is 4.93. The summed E-state index contributed by atoms with van der Waals surface area (Å²) < 4.78 is 15.8. The van der Waals surface area contributed by atoms with Crippen LogP contribution in [-0.4, -0.2) is 52.2 Å². The Hall–Kier alpha value is -0.160. The molecule has 0 heterocycles. The van der Waals surface area contributed by atoms with Gasteiger partial charge in [-0.1, -0.05) is 0 Å². The van der Waals surface area contributed by atoms with Gasteiger partial charge in [0.05, 0.1) is 12.7 Å². The van der Waals surface area contributed by atoms with Crippen LogP contribution in [0.5, 0.6) is 0 Å². The van der Waals surface area contributed by atoms with E-state index in [1.165, 1.54) is 0 Å². The molecule has 0 aromatic heterocycles. The van der Waals surface area contributed by atoms with Crippen LogP contribution in [0.25, 0.3) is 0 Å². The molecule has 0 aliphatic heterocycles. The summed E-state index contributed by atoms with van der Waals surface area (Å²) in [6.07, 6.45) is 1.03. The SMILES string of the molecule is COCCCOC(CNC(C)(C)C)COC. The molecule has 1 atom stereocenters. The molecule has 0 fully saturated rings. The highest BCUT2D eigenvalue weighted by Crippen LogP contribution is 2.01. The van der Waals surface area contributed by atoms with Gasteiger partial charge in [0, 0.05) is 39.5 Å². The first-order valence-electron chi connectivity index (χ1n) is 5.84. The van der Waals surface area contributed by atoms with E-state index >= 15 is 0 Å². The predicted octanol–water partition coefficient (Wildman–Crippen LogP) is 1.44. The third-order valence-corrected chi connectivity index (χ3v) is 2.06. The standard InChI is InChI=1S/C12H27NO3/c1-12(2,3)13-9-11(10-15-5)16-8-6-7-14-4/h11,13H,6-10H2,1-5H3. The highest BCUT2D eigenvalue weighted by atomic mass is 16.5. The van der Waals surface area contributed by atoms with Gasteiger partial charge in [-0.15, -0.1) is 0 Å². The Balaban J connectivity index is 3.70. The van der Waals surface area contributed by atoms with Crippen molar-refractivity contribution in [3.8, 4) is 0 Å². The average Bonchev–Trinajstić information content (AvgIpc) is 2.19. The summed E-state index contributed by atoms with van der Waals surface area (Å²) in [6.45, 7) is 9.31. The molecule has 0 amide bonds. The first-order chi connectivity index (χ1) is 7.49. The molecule has 4 heteroatoms. The Kier molecular flexibility index (Phi) is 8.84. The summed E-state index contributed by atoms with van der Waals surface area (Å²) >= 11 is 0. The minimum atomic E-state index is 0.112. The predicted molar refractivity (Wildman–Crippen MR) is 65.9 cm³/mol. The lowest BCUT2D eigenvalue weighted by molar-refractivity contribution is -0.01000. The smallest absolute Gasteiger partial charge is 0.0932 e. The van der Waals surface area contributed by atoms with Crippen molar-refractivity contribution < 1.29 is 14.2 Å². The Morgan fingerprint density at radius 2 is 1.75 bits per heavy atom. The van der Waals surface area contributed by atoms with Gasteiger partial charge in [0.2, 0.25) is 0 Å². The molecule has 0 spiro atoms. The second kappa shape index (κ2) is 8.93. The van der Waals surface area contributed by atoms with E-state index in [0.717, 1.165) is 19.6 Å². The summed E-state index contributed by atoms with van der Waals surface area (Å²) in [5.41, 5.74) is 0.113. The largest absolute Gasteiger partial charge is 0.385 e. The Morgan fingerprint density at radius 3 is 2.25 bits per heavy atom. The topological polar surface area (TPSA) is 39.7 Å². The monoisotopic (exact) mass is 233 g/mol. The van der Waals surface area contributed by atoms with Crippen LogP contribution in [0.3, 0.4) is 0 Å². The number of nitrogens with one attached hydrogen (secondary N) is 1. The third-order valence-electron chi connectivity index (χ3n) is 2.06. The van der Waals surface area contributed by atoms with Gasteiger partial charge in [-0.05, 0) is 27.2 Å². The Bertz CT molecular complexity index is 157. The van der Waals surface area contributed by atoms with Crippen molar-refractivity contribution in [1.82, 2.24) is 5.32 Å². The van der Waals surface area contributed by atoms with Crippen molar-refractivity contribution in [1.29, 1.82) is 0 Å². The summed E-state index contributed by atoms with van der Waals surface area (Å²) in [7, 11) is 3.40. The molecule has 0 aliphatic carbocycles. The van der Waals surface area contributed by atoms with Crippen LogP contribution >= 0.6 is 0 Å². The van der Waals surface area contributed by atoms with Gasteiger partial charge < -0.3 is 19.5 Å². The van der Waals surface area contributed by atoms with Gasteiger partial charge in [-0.3, -0.25) is 0 Å². The second-order valence-electron chi connectivity index (χ2n) is 4.93. The molecule has 1 unspecified atom stereocenters. The van der Waals surface area contributed by atoms with Crippen molar-refractivity contribution >= 4 is 0 Å². The molecule has 0 aromatic rings. The van der Waals surface area contributed by atoms with E-state index in [-0.39, 0.29) is 11.6 Å². The van der Waals surface area contributed by atoms with Crippen LogP contribution in [0.15, 0.2) is 0 Å². The fourth-order valence-corrected chi connectivity index (χ4v) is 1.23. The molecular weight excluding hydrogens is 206 g/mol. The first kappa shape index (κ1) is 15.8. The highest BCUT2D eigenvalue weighted by Gasteiger charge is 2.14. The van der Waals surface area contributed by atoms with Crippen LogP contribution in [0.2, 0.25) is 0 Å². The quantitative estimate of drug-likeness (QED) is 0.612. The maximum atomic E-state index is 5.71. The molecule has 0 saturated carbocycles. The fraction of sp³-hybridized carbons (Fsp3) is 1.00. The molecule has 0 bridgehead atoms. The van der Waals surface area contributed by atoms with Crippen molar-refractivity contribution in [3.63, 3.8) is 0 Å². The van der Waals surface area contributed by atoms with Gasteiger partial charge in [0.1, 0.15) is 0 Å². The number of ether oxygens (including phenoxy) is 3. The van der Waals surface area contributed by atoms with E-state index in [4.69, 9.17) is 14.2 Å². The molecule has 0 rings (SSSR count). The van der Waals surface area contributed by atoms with Crippen LogP contribution < -0.4 is 5.32 Å².